The van der Waals surface area contributed by atoms with Crippen molar-refractivity contribution in [3.05, 3.63) is 29.8 Å². The summed E-state index contributed by atoms with van der Waals surface area (Å²) in [6.07, 6.45) is 0.133. The highest BCUT2D eigenvalue weighted by Crippen LogP contribution is 2.80. The fraction of sp³-hybridized carbons (Fsp3) is 0.774. The van der Waals surface area contributed by atoms with Gasteiger partial charge in [0.15, 0.2) is 0 Å². The maximum atomic E-state index is 13.3. The van der Waals surface area contributed by atoms with Crippen molar-refractivity contribution < 1.29 is 39.1 Å². The van der Waals surface area contributed by atoms with Gasteiger partial charge in [-0.05, 0) is 43.9 Å². The van der Waals surface area contributed by atoms with Gasteiger partial charge in [-0.2, -0.15) is 0 Å². The monoisotopic (exact) mass is 572 g/mol. The number of likely N-dealkylation sites (N-methyl/N-ethyl adjacent to an activating group) is 1. The van der Waals surface area contributed by atoms with E-state index in [1.54, 1.807) is 45.6 Å². The third-order valence-electron chi connectivity index (χ3n) is 12.7. The molecule has 10 heteroatoms. The Morgan fingerprint density at radius 2 is 1.90 bits per heavy atom. The van der Waals surface area contributed by atoms with Gasteiger partial charge in [0.25, 0.3) is 0 Å². The number of aliphatic hydroxyl groups is 3. The molecule has 1 saturated heterocycles. The summed E-state index contributed by atoms with van der Waals surface area (Å²) in [6.45, 7) is 3.41. The lowest BCUT2D eigenvalue weighted by Crippen LogP contribution is -2.82. The fourth-order valence-electron chi connectivity index (χ4n) is 11.7. The van der Waals surface area contributed by atoms with Crippen molar-refractivity contribution in [2.45, 2.75) is 74.3 Å². The molecule has 5 N–H and O–H groups in total. The van der Waals surface area contributed by atoms with Crippen molar-refractivity contribution in [2.75, 3.05) is 46.8 Å². The summed E-state index contributed by atoms with van der Waals surface area (Å²) in [5.74, 6) is -1.57. The summed E-state index contributed by atoms with van der Waals surface area (Å²) >= 11 is 0. The lowest BCUT2D eigenvalue weighted by atomic mass is 9.42. The number of nitrogens with two attached hydrogens (primary N) is 1. The van der Waals surface area contributed by atoms with Crippen LogP contribution in [0, 0.1) is 34.5 Å². The number of nitrogen functional groups attached to an aromatic ring is 1. The second kappa shape index (κ2) is 9.11. The van der Waals surface area contributed by atoms with Gasteiger partial charge in [0, 0.05) is 68.6 Å². The van der Waals surface area contributed by atoms with Gasteiger partial charge in [-0.3, -0.25) is 4.90 Å². The van der Waals surface area contributed by atoms with Gasteiger partial charge in [-0.25, -0.2) is 4.79 Å². The number of piperidine rings is 1. The van der Waals surface area contributed by atoms with Crippen LogP contribution in [0.1, 0.15) is 43.0 Å². The molecule has 0 amide bonds. The lowest BCUT2D eigenvalue weighted by molar-refractivity contribution is -0.318. The quantitative estimate of drug-likeness (QED) is 0.277. The number of carbonyl (C=O) groups is 1. The van der Waals surface area contributed by atoms with Gasteiger partial charge in [0.2, 0.25) is 0 Å². The van der Waals surface area contributed by atoms with Crippen LogP contribution in [0.4, 0.5) is 5.69 Å². The number of hydrogen-bond donors (Lipinski definition) is 4. The van der Waals surface area contributed by atoms with Crippen LogP contribution in [0.25, 0.3) is 0 Å². The molecule has 10 nitrogen and oxygen atoms in total. The molecule has 5 aliphatic carbocycles. The summed E-state index contributed by atoms with van der Waals surface area (Å²) in [4.78, 5) is 15.6. The number of esters is 1. The number of likely N-dealkylation sites (tertiary alicyclic amines) is 1. The van der Waals surface area contributed by atoms with Crippen molar-refractivity contribution in [1.29, 1.82) is 0 Å². The van der Waals surface area contributed by atoms with Crippen molar-refractivity contribution in [3.63, 3.8) is 0 Å². The van der Waals surface area contributed by atoms with Crippen molar-refractivity contribution >= 4 is 11.7 Å². The molecule has 226 valence electrons. The van der Waals surface area contributed by atoms with E-state index in [2.05, 4.69) is 11.8 Å². The minimum absolute atomic E-state index is 0.130. The molecule has 7 rings (SSSR count). The molecule has 1 aromatic rings. The molecule has 1 spiro atoms. The SMILES string of the molecule is CCN1C[C@]2(COC(=O)c3ccccc3N)CC[C@@H](OC)[C@@]34[C@@H]5C[C@H]6[C@H](O)[C@@H]5[C@](O)(C[C@@H]6OC)[C@@](O)([C@@H](OC)[C@H]23)[C@@H]14. The van der Waals surface area contributed by atoms with Crippen LogP contribution in [0.2, 0.25) is 0 Å². The predicted octanol–water partition coefficient (Wildman–Crippen LogP) is 1.06. The fourth-order valence-corrected chi connectivity index (χ4v) is 11.7. The standard InChI is InChI=1S/C31H44N2O8/c1-5-33-14-28(15-41-26(35)16-8-6-7-9-19(16)32)11-10-21(39-3)30-18-12-17-20(38-2)13-29(36,22(18)23(17)34)31(37,27(30)33)25(40-4)24(28)30/h6-9,17-18,20-25,27,34,36-37H,5,10-15,32H2,1-4H3/t17-,18-,20+,21-,22-,23+,24-,25+,27+,28+,29-,30+,31-/m1/s1. The normalized spacial score (nSPS) is 51.0. The molecule has 6 aliphatic rings. The Hall–Kier alpha value is -1.79. The largest absolute Gasteiger partial charge is 0.461 e. The van der Waals surface area contributed by atoms with Crippen molar-refractivity contribution in [3.8, 4) is 0 Å². The van der Waals surface area contributed by atoms with Crippen LogP contribution in [0.15, 0.2) is 24.3 Å². The van der Waals surface area contributed by atoms with E-state index >= 15 is 0 Å². The van der Waals surface area contributed by atoms with Crippen LogP contribution < -0.4 is 5.73 Å². The number of hydrogen-bond acceptors (Lipinski definition) is 10. The van der Waals surface area contributed by atoms with E-state index in [4.69, 9.17) is 24.7 Å². The number of aliphatic hydroxyl groups excluding tert-OH is 1. The van der Waals surface area contributed by atoms with Gasteiger partial charge in [0.05, 0.1) is 42.6 Å². The minimum Gasteiger partial charge on any atom is -0.461 e. The highest BCUT2D eigenvalue weighted by Gasteiger charge is 2.91. The number of benzene rings is 1. The summed E-state index contributed by atoms with van der Waals surface area (Å²) in [5.41, 5.74) is 2.26. The van der Waals surface area contributed by atoms with Gasteiger partial charge in [-0.1, -0.05) is 19.1 Å². The Labute approximate surface area is 241 Å². The van der Waals surface area contributed by atoms with E-state index in [0.29, 0.717) is 43.6 Å². The minimum atomic E-state index is -1.70. The molecule has 5 saturated carbocycles. The molecule has 0 unspecified atom stereocenters. The van der Waals surface area contributed by atoms with Crippen LogP contribution in [0.5, 0.6) is 0 Å². The lowest BCUT2D eigenvalue weighted by Gasteiger charge is -2.70. The topological polar surface area (TPSA) is 144 Å². The number of methoxy groups -OCH3 is 3. The number of carbonyl (C=O) groups excluding carboxylic acids is 1. The molecule has 1 aromatic carbocycles. The second-order valence-corrected chi connectivity index (χ2v) is 13.6. The number of fused-ring (bicyclic) bond motifs is 2. The average molecular weight is 573 g/mol. The number of ether oxygens (including phenoxy) is 4. The van der Waals surface area contributed by atoms with Crippen LogP contribution in [0.3, 0.4) is 0 Å². The van der Waals surface area contributed by atoms with E-state index in [1.807, 2.05) is 0 Å². The Kier molecular flexibility index (Phi) is 6.22. The first kappa shape index (κ1) is 28.0. The maximum Gasteiger partial charge on any atom is 0.340 e. The number of rotatable bonds is 7. The third-order valence-corrected chi connectivity index (χ3v) is 12.7. The molecule has 0 aromatic heterocycles. The van der Waals surface area contributed by atoms with Gasteiger partial charge < -0.3 is 40.0 Å². The molecular weight excluding hydrogens is 528 g/mol. The van der Waals surface area contributed by atoms with E-state index in [-0.39, 0.29) is 43.0 Å². The summed E-state index contributed by atoms with van der Waals surface area (Å²) in [5, 5.41) is 37.7. The summed E-state index contributed by atoms with van der Waals surface area (Å²) in [7, 11) is 4.94. The van der Waals surface area contributed by atoms with E-state index < -0.39 is 52.2 Å². The Bertz CT molecular complexity index is 1230. The van der Waals surface area contributed by atoms with E-state index in [1.165, 1.54) is 0 Å². The molecule has 7 bridgehead atoms. The van der Waals surface area contributed by atoms with Gasteiger partial charge in [-0.15, -0.1) is 0 Å². The first-order valence-electron chi connectivity index (χ1n) is 15.1. The molecule has 0 radical (unpaired) electrons. The van der Waals surface area contributed by atoms with Crippen LogP contribution >= 0.6 is 0 Å². The van der Waals surface area contributed by atoms with Crippen molar-refractivity contribution in [2.24, 2.45) is 34.5 Å². The zero-order valence-electron chi connectivity index (χ0n) is 24.4. The number of nitrogens with zero attached hydrogens (tertiary/aromatic N) is 1. The predicted molar refractivity (Wildman–Crippen MR) is 148 cm³/mol. The van der Waals surface area contributed by atoms with Crippen LogP contribution in [-0.2, 0) is 18.9 Å². The maximum absolute atomic E-state index is 13.3. The summed E-state index contributed by atoms with van der Waals surface area (Å²) < 4.78 is 24.6. The summed E-state index contributed by atoms with van der Waals surface area (Å²) in [6, 6.07) is 6.44. The third kappa shape index (κ3) is 3.05. The molecule has 41 heavy (non-hydrogen) atoms. The smallest absolute Gasteiger partial charge is 0.340 e. The van der Waals surface area contributed by atoms with Gasteiger partial charge in [0.1, 0.15) is 11.2 Å². The van der Waals surface area contributed by atoms with E-state index in [0.717, 1.165) is 0 Å². The molecule has 1 heterocycles. The first-order valence-corrected chi connectivity index (χ1v) is 15.1. The Morgan fingerprint density at radius 1 is 1.15 bits per heavy atom. The van der Waals surface area contributed by atoms with Crippen LogP contribution in [-0.4, -0.2) is 109 Å². The molecule has 6 fully saturated rings. The zero-order valence-corrected chi connectivity index (χ0v) is 24.4. The Balaban J connectivity index is 1.40. The molecular formula is C31H44N2O8. The van der Waals surface area contributed by atoms with Gasteiger partial charge >= 0.3 is 5.97 Å². The highest BCUT2D eigenvalue weighted by atomic mass is 16.5. The highest BCUT2D eigenvalue weighted by molar-refractivity contribution is 5.95. The van der Waals surface area contributed by atoms with Crippen molar-refractivity contribution in [1.82, 2.24) is 4.90 Å². The van der Waals surface area contributed by atoms with E-state index in [9.17, 15) is 20.1 Å². The zero-order chi connectivity index (χ0) is 29.1. The number of anilines is 1. The average Bonchev–Trinajstić information content (AvgIpc) is 3.33. The Morgan fingerprint density at radius 3 is 2.56 bits per heavy atom. The second-order valence-electron chi connectivity index (χ2n) is 13.6. The molecule has 13 atom stereocenters. The molecule has 1 aliphatic heterocycles. The number of para-hydroxylation sites is 1. The first-order chi connectivity index (χ1) is 19.6.